The third kappa shape index (κ3) is 3.04. The lowest BCUT2D eigenvalue weighted by molar-refractivity contribution is 0.0112. The molecule has 2 heteroatoms. The van der Waals surface area contributed by atoms with Crippen LogP contribution >= 0.6 is 0 Å². The van der Waals surface area contributed by atoms with E-state index in [1.165, 1.54) is 12.8 Å². The Morgan fingerprint density at radius 1 is 1.55 bits per heavy atom. The van der Waals surface area contributed by atoms with Crippen molar-refractivity contribution in [3.05, 3.63) is 12.2 Å². The smallest absolute Gasteiger partial charge is 0.0955 e. The third-order valence-corrected chi connectivity index (χ3v) is 1.87. The molecule has 0 fully saturated rings. The maximum absolute atomic E-state index is 9.04. The average Bonchev–Trinajstić information content (AvgIpc) is 2.04. The van der Waals surface area contributed by atoms with Crippen LogP contribution in [0.4, 0.5) is 0 Å². The molecule has 0 saturated heterocycles. The highest BCUT2D eigenvalue weighted by Crippen LogP contribution is 2.11. The summed E-state index contributed by atoms with van der Waals surface area (Å²) in [6.07, 6.45) is 7.14. The van der Waals surface area contributed by atoms with Gasteiger partial charge in [0.25, 0.3) is 0 Å². The zero-order valence-corrected chi connectivity index (χ0v) is 6.99. The molecule has 1 rings (SSSR count). The first-order valence-electron chi connectivity index (χ1n) is 4.31. The lowest BCUT2D eigenvalue weighted by atomic mass is 10.1. The van der Waals surface area contributed by atoms with Crippen LogP contribution in [0.15, 0.2) is 12.2 Å². The Morgan fingerprint density at radius 2 is 2.36 bits per heavy atom. The van der Waals surface area contributed by atoms with E-state index in [-0.39, 0.29) is 12.2 Å². The highest BCUT2D eigenvalue weighted by molar-refractivity contribution is 4.98. The van der Waals surface area contributed by atoms with Crippen LogP contribution in [0.25, 0.3) is 0 Å². The lowest BCUT2D eigenvalue weighted by Crippen LogP contribution is -2.24. The van der Waals surface area contributed by atoms with Crippen LogP contribution < -0.4 is 0 Å². The first kappa shape index (κ1) is 8.75. The van der Waals surface area contributed by atoms with Gasteiger partial charge in [0.15, 0.2) is 0 Å². The van der Waals surface area contributed by atoms with Gasteiger partial charge in [0.2, 0.25) is 0 Å². The predicted molar refractivity (Wildman–Crippen MR) is 44.4 cm³/mol. The second-order valence-electron chi connectivity index (χ2n) is 2.97. The molecule has 2 nitrogen and oxygen atoms in total. The fourth-order valence-corrected chi connectivity index (χ4v) is 1.17. The largest absolute Gasteiger partial charge is 0.387 e. The molecular weight excluding hydrogens is 140 g/mol. The Balaban J connectivity index is 2.21. The van der Waals surface area contributed by atoms with Crippen LogP contribution in [0, 0.1) is 0 Å². The Bertz CT molecular complexity index is 132. The van der Waals surface area contributed by atoms with Gasteiger partial charge in [-0.3, -0.25) is 0 Å². The number of rotatable bonds is 3. The maximum Gasteiger partial charge on any atom is 0.0955 e. The van der Waals surface area contributed by atoms with Crippen molar-refractivity contribution >= 4 is 0 Å². The van der Waals surface area contributed by atoms with Crippen molar-refractivity contribution in [2.75, 3.05) is 6.61 Å². The monoisotopic (exact) mass is 156 g/mol. The summed E-state index contributed by atoms with van der Waals surface area (Å²) in [5.41, 5.74) is 0. The summed E-state index contributed by atoms with van der Waals surface area (Å²) in [5, 5.41) is 9.04. The number of aliphatic hydroxyl groups excluding tert-OH is 1. The molecule has 0 saturated carbocycles. The van der Waals surface area contributed by atoms with Gasteiger partial charge in [0, 0.05) is 0 Å². The summed E-state index contributed by atoms with van der Waals surface area (Å²) in [7, 11) is 0. The molecule has 1 aliphatic heterocycles. The van der Waals surface area contributed by atoms with Crippen LogP contribution in [0.3, 0.4) is 0 Å². The summed E-state index contributed by atoms with van der Waals surface area (Å²) in [6.45, 7) is 2.63. The van der Waals surface area contributed by atoms with Gasteiger partial charge in [0.1, 0.15) is 0 Å². The first-order valence-corrected chi connectivity index (χ1v) is 4.31. The van der Waals surface area contributed by atoms with Gasteiger partial charge >= 0.3 is 0 Å². The minimum atomic E-state index is -0.382. The summed E-state index contributed by atoms with van der Waals surface area (Å²) in [6, 6.07) is 0. The molecule has 64 valence electrons. The molecule has 0 unspecified atom stereocenters. The minimum Gasteiger partial charge on any atom is -0.387 e. The van der Waals surface area contributed by atoms with Crippen LogP contribution in [0.5, 0.6) is 0 Å². The molecule has 11 heavy (non-hydrogen) atoms. The SMILES string of the molecule is CCCC[C@@H]1C=C[C@@H](O)CO1. The number of ether oxygens (including phenoxy) is 1. The Morgan fingerprint density at radius 3 is 2.91 bits per heavy atom. The van der Waals surface area contributed by atoms with Gasteiger partial charge in [0.05, 0.1) is 18.8 Å². The summed E-state index contributed by atoms with van der Waals surface area (Å²) < 4.78 is 5.36. The van der Waals surface area contributed by atoms with Gasteiger partial charge in [-0.05, 0) is 6.42 Å². The topological polar surface area (TPSA) is 29.5 Å². The van der Waals surface area contributed by atoms with Crippen LogP contribution in [0.2, 0.25) is 0 Å². The molecule has 2 atom stereocenters. The zero-order valence-electron chi connectivity index (χ0n) is 6.99. The molecule has 0 aromatic heterocycles. The first-order chi connectivity index (χ1) is 5.33. The van der Waals surface area contributed by atoms with Crippen molar-refractivity contribution in [1.82, 2.24) is 0 Å². The summed E-state index contributed by atoms with van der Waals surface area (Å²) in [4.78, 5) is 0. The van der Waals surface area contributed by atoms with Gasteiger partial charge in [-0.15, -0.1) is 0 Å². The molecule has 0 aliphatic carbocycles. The van der Waals surface area contributed by atoms with E-state index in [1.54, 1.807) is 0 Å². The molecule has 1 heterocycles. The van der Waals surface area contributed by atoms with Gasteiger partial charge < -0.3 is 9.84 Å². The molecule has 1 N–H and O–H groups in total. The van der Waals surface area contributed by atoms with Gasteiger partial charge in [-0.1, -0.05) is 31.9 Å². The summed E-state index contributed by atoms with van der Waals surface area (Å²) in [5.74, 6) is 0. The zero-order chi connectivity index (χ0) is 8.10. The fourth-order valence-electron chi connectivity index (χ4n) is 1.17. The quantitative estimate of drug-likeness (QED) is 0.627. The normalized spacial score (nSPS) is 30.7. The van der Waals surface area contributed by atoms with E-state index in [2.05, 4.69) is 6.92 Å². The van der Waals surface area contributed by atoms with Gasteiger partial charge in [-0.25, -0.2) is 0 Å². The molecule has 0 spiro atoms. The van der Waals surface area contributed by atoms with Crippen LogP contribution in [-0.4, -0.2) is 23.9 Å². The van der Waals surface area contributed by atoms with E-state index in [1.807, 2.05) is 12.2 Å². The van der Waals surface area contributed by atoms with Crippen molar-refractivity contribution in [2.24, 2.45) is 0 Å². The van der Waals surface area contributed by atoms with Crippen molar-refractivity contribution in [3.63, 3.8) is 0 Å². The number of hydrogen-bond donors (Lipinski definition) is 1. The van der Waals surface area contributed by atoms with E-state index in [9.17, 15) is 0 Å². The molecule has 0 radical (unpaired) electrons. The number of hydrogen-bond acceptors (Lipinski definition) is 2. The van der Waals surface area contributed by atoms with Crippen LogP contribution in [-0.2, 0) is 4.74 Å². The van der Waals surface area contributed by atoms with Crippen molar-refractivity contribution in [2.45, 2.75) is 38.4 Å². The molecular formula is C9H16O2. The average molecular weight is 156 g/mol. The highest BCUT2D eigenvalue weighted by Gasteiger charge is 2.12. The van der Waals surface area contributed by atoms with E-state index in [0.29, 0.717) is 6.61 Å². The molecule has 1 aliphatic rings. The van der Waals surface area contributed by atoms with Gasteiger partial charge in [-0.2, -0.15) is 0 Å². The molecule has 0 aromatic rings. The van der Waals surface area contributed by atoms with Crippen molar-refractivity contribution in [3.8, 4) is 0 Å². The lowest BCUT2D eigenvalue weighted by Gasteiger charge is -2.20. The summed E-state index contributed by atoms with van der Waals surface area (Å²) >= 11 is 0. The Labute approximate surface area is 67.9 Å². The third-order valence-electron chi connectivity index (χ3n) is 1.87. The Kier molecular flexibility index (Phi) is 3.60. The second kappa shape index (κ2) is 4.52. The molecule has 0 amide bonds. The highest BCUT2D eigenvalue weighted by atomic mass is 16.5. The molecule has 0 bridgehead atoms. The van der Waals surface area contributed by atoms with E-state index >= 15 is 0 Å². The van der Waals surface area contributed by atoms with Crippen molar-refractivity contribution in [1.29, 1.82) is 0 Å². The predicted octanol–water partition coefficient (Wildman–Crippen LogP) is 1.49. The van der Waals surface area contributed by atoms with E-state index in [4.69, 9.17) is 9.84 Å². The fraction of sp³-hybridized carbons (Fsp3) is 0.778. The number of aliphatic hydroxyl groups is 1. The van der Waals surface area contributed by atoms with Crippen molar-refractivity contribution < 1.29 is 9.84 Å². The Hall–Kier alpha value is -0.340. The maximum atomic E-state index is 9.04. The number of unbranched alkanes of at least 4 members (excludes halogenated alkanes) is 1. The van der Waals surface area contributed by atoms with Crippen LogP contribution in [0.1, 0.15) is 26.2 Å². The molecule has 0 aromatic carbocycles. The minimum absolute atomic E-state index is 0.248. The van der Waals surface area contributed by atoms with E-state index < -0.39 is 0 Å². The van der Waals surface area contributed by atoms with E-state index in [0.717, 1.165) is 6.42 Å². The standard InChI is InChI=1S/C9H16O2/c1-2-3-4-9-6-5-8(10)7-11-9/h5-6,8-10H,2-4,7H2,1H3/t8-,9-/m1/s1. The second-order valence-corrected chi connectivity index (χ2v) is 2.97.